The van der Waals surface area contributed by atoms with E-state index in [2.05, 4.69) is 15.9 Å². The van der Waals surface area contributed by atoms with Crippen LogP contribution in [0.2, 0.25) is 0 Å². The minimum atomic E-state index is -0.813. The molecule has 1 fully saturated rings. The number of halogens is 3. The first-order valence-corrected chi connectivity index (χ1v) is 6.99. The molecule has 6 heteroatoms. The summed E-state index contributed by atoms with van der Waals surface area (Å²) in [4.78, 5) is 11.6. The van der Waals surface area contributed by atoms with Gasteiger partial charge in [-0.2, -0.15) is 0 Å². The van der Waals surface area contributed by atoms with Gasteiger partial charge in [0.05, 0.1) is 12.2 Å². The lowest BCUT2D eigenvalue weighted by molar-refractivity contribution is 0.0525. The van der Waals surface area contributed by atoms with Crippen LogP contribution in [0.15, 0.2) is 22.7 Å². The molecule has 1 aliphatic carbocycles. The summed E-state index contributed by atoms with van der Waals surface area (Å²) in [7, 11) is 0. The Morgan fingerprint density at radius 1 is 1.50 bits per heavy atom. The van der Waals surface area contributed by atoms with Crippen molar-refractivity contribution in [2.24, 2.45) is 0 Å². The summed E-state index contributed by atoms with van der Waals surface area (Å²) in [5.41, 5.74) is 0.427. The van der Waals surface area contributed by atoms with Crippen molar-refractivity contribution in [3.05, 3.63) is 28.2 Å². The van der Waals surface area contributed by atoms with E-state index in [-0.39, 0.29) is 12.1 Å². The molecule has 1 aliphatic rings. The van der Waals surface area contributed by atoms with E-state index in [0.717, 1.165) is 4.47 Å². The molecule has 0 amide bonds. The molecule has 0 aliphatic heterocycles. The van der Waals surface area contributed by atoms with Gasteiger partial charge in [-0.1, -0.05) is 39.1 Å². The van der Waals surface area contributed by atoms with Gasteiger partial charge >= 0.3 is 5.97 Å². The van der Waals surface area contributed by atoms with Crippen LogP contribution < -0.4 is 4.74 Å². The minimum absolute atomic E-state index is 0.231. The fraction of sp³-hybridized carbons (Fsp3) is 0.417. The Labute approximate surface area is 123 Å². The third-order valence-electron chi connectivity index (χ3n) is 2.43. The molecule has 0 heterocycles. The molecular weight excluding hydrogens is 343 g/mol. The quantitative estimate of drug-likeness (QED) is 0.607. The van der Waals surface area contributed by atoms with Gasteiger partial charge in [0.2, 0.25) is 0 Å². The molecule has 1 saturated carbocycles. The average Bonchev–Trinajstić information content (AvgIpc) is 2.85. The van der Waals surface area contributed by atoms with Gasteiger partial charge < -0.3 is 9.47 Å². The zero-order valence-corrected chi connectivity index (χ0v) is 12.7. The topological polar surface area (TPSA) is 35.5 Å². The summed E-state index contributed by atoms with van der Waals surface area (Å²) in [6, 6.07) is 5.04. The molecule has 0 saturated heterocycles. The van der Waals surface area contributed by atoms with Crippen molar-refractivity contribution in [1.82, 2.24) is 0 Å². The van der Waals surface area contributed by atoms with Crippen molar-refractivity contribution in [2.45, 2.75) is 23.8 Å². The Morgan fingerprint density at radius 3 is 2.72 bits per heavy atom. The molecule has 0 N–H and O–H groups in total. The SMILES string of the molecule is CCOC(=O)c1cc(Br)cc(OC2CC2(Cl)Cl)c1. The third kappa shape index (κ3) is 3.31. The number of rotatable bonds is 4. The van der Waals surface area contributed by atoms with Gasteiger partial charge in [0, 0.05) is 10.9 Å². The lowest BCUT2D eigenvalue weighted by atomic mass is 10.2. The third-order valence-corrected chi connectivity index (χ3v) is 3.68. The highest BCUT2D eigenvalue weighted by Gasteiger charge is 2.54. The van der Waals surface area contributed by atoms with Crippen LogP contribution in [-0.4, -0.2) is 23.0 Å². The number of carbonyl (C=O) groups is 1. The van der Waals surface area contributed by atoms with E-state index < -0.39 is 4.33 Å². The maximum Gasteiger partial charge on any atom is 0.338 e. The second kappa shape index (κ2) is 5.27. The first-order chi connectivity index (χ1) is 8.42. The van der Waals surface area contributed by atoms with Crippen molar-refractivity contribution in [2.75, 3.05) is 6.61 Å². The molecular formula is C12H11BrCl2O3. The van der Waals surface area contributed by atoms with Gasteiger partial charge in [-0.15, -0.1) is 0 Å². The summed E-state index contributed by atoms with van der Waals surface area (Å²) in [6.07, 6.45) is 0.349. The van der Waals surface area contributed by atoms with E-state index in [1.165, 1.54) is 0 Å². The lowest BCUT2D eigenvalue weighted by Gasteiger charge is -2.09. The highest BCUT2D eigenvalue weighted by molar-refractivity contribution is 9.10. The Balaban J connectivity index is 2.14. The summed E-state index contributed by atoms with van der Waals surface area (Å²) < 4.78 is 10.4. The number of benzene rings is 1. The maximum absolute atomic E-state index is 11.6. The molecule has 0 bridgehead atoms. The Morgan fingerprint density at radius 2 is 2.17 bits per heavy atom. The first-order valence-electron chi connectivity index (χ1n) is 5.44. The van der Waals surface area contributed by atoms with Crippen LogP contribution in [0.25, 0.3) is 0 Å². The van der Waals surface area contributed by atoms with Crippen molar-refractivity contribution < 1.29 is 14.3 Å². The van der Waals surface area contributed by atoms with Crippen LogP contribution in [0, 0.1) is 0 Å². The second-order valence-corrected chi connectivity index (χ2v) is 6.43. The van der Waals surface area contributed by atoms with Gasteiger partial charge in [0.25, 0.3) is 0 Å². The Bertz CT molecular complexity index is 476. The van der Waals surface area contributed by atoms with Gasteiger partial charge in [-0.05, 0) is 25.1 Å². The number of alkyl halides is 2. The largest absolute Gasteiger partial charge is 0.487 e. The predicted octanol–water partition coefficient (Wildman–Crippen LogP) is 3.95. The molecule has 98 valence electrons. The van der Waals surface area contributed by atoms with Crippen molar-refractivity contribution in [1.29, 1.82) is 0 Å². The van der Waals surface area contributed by atoms with Crippen LogP contribution >= 0.6 is 39.1 Å². The van der Waals surface area contributed by atoms with Crippen LogP contribution in [0.5, 0.6) is 5.75 Å². The van der Waals surface area contributed by atoms with E-state index in [1.54, 1.807) is 25.1 Å². The molecule has 3 nitrogen and oxygen atoms in total. The fourth-order valence-corrected chi connectivity index (χ4v) is 2.29. The molecule has 0 radical (unpaired) electrons. The van der Waals surface area contributed by atoms with Crippen molar-refractivity contribution in [3.63, 3.8) is 0 Å². The summed E-state index contributed by atoms with van der Waals surface area (Å²) >= 11 is 15.1. The van der Waals surface area contributed by atoms with E-state index in [4.69, 9.17) is 32.7 Å². The number of ether oxygens (including phenoxy) is 2. The van der Waals surface area contributed by atoms with Crippen molar-refractivity contribution in [3.8, 4) is 5.75 Å². The number of esters is 1. The summed E-state index contributed by atoms with van der Waals surface area (Å²) in [5.74, 6) is 0.156. The van der Waals surface area contributed by atoms with Crippen LogP contribution in [0.1, 0.15) is 23.7 Å². The van der Waals surface area contributed by atoms with E-state index in [0.29, 0.717) is 24.3 Å². The average molecular weight is 354 g/mol. The van der Waals surface area contributed by atoms with Gasteiger partial charge in [0.15, 0.2) is 4.33 Å². The predicted molar refractivity (Wildman–Crippen MR) is 73.6 cm³/mol. The highest BCUT2D eigenvalue weighted by Crippen LogP contribution is 2.49. The maximum atomic E-state index is 11.6. The van der Waals surface area contributed by atoms with Crippen LogP contribution in [-0.2, 0) is 4.74 Å². The van der Waals surface area contributed by atoms with E-state index >= 15 is 0 Å². The molecule has 1 atom stereocenters. The van der Waals surface area contributed by atoms with Gasteiger partial charge in [-0.3, -0.25) is 0 Å². The van der Waals surface area contributed by atoms with E-state index in [1.807, 2.05) is 0 Å². The Hall–Kier alpha value is -0.450. The first kappa shape index (κ1) is 14.0. The normalized spacial score (nSPS) is 20.3. The number of hydrogen-bond acceptors (Lipinski definition) is 3. The minimum Gasteiger partial charge on any atom is -0.487 e. The molecule has 2 rings (SSSR count). The molecule has 1 unspecified atom stereocenters. The summed E-state index contributed by atoms with van der Waals surface area (Å²) in [5, 5.41) is 0. The zero-order chi connectivity index (χ0) is 13.3. The summed E-state index contributed by atoms with van der Waals surface area (Å²) in [6.45, 7) is 2.09. The lowest BCUT2D eigenvalue weighted by Crippen LogP contribution is -2.08. The van der Waals surface area contributed by atoms with Crippen LogP contribution in [0.3, 0.4) is 0 Å². The monoisotopic (exact) mass is 352 g/mol. The number of hydrogen-bond donors (Lipinski definition) is 0. The highest BCUT2D eigenvalue weighted by atomic mass is 79.9. The molecule has 0 spiro atoms. The van der Waals surface area contributed by atoms with Gasteiger partial charge in [-0.25, -0.2) is 4.79 Å². The molecule has 0 aromatic heterocycles. The van der Waals surface area contributed by atoms with Crippen molar-refractivity contribution >= 4 is 45.1 Å². The fourth-order valence-electron chi connectivity index (χ4n) is 1.44. The molecule has 1 aromatic carbocycles. The Kier molecular flexibility index (Phi) is 4.09. The zero-order valence-electron chi connectivity index (χ0n) is 9.58. The molecule has 18 heavy (non-hydrogen) atoms. The smallest absolute Gasteiger partial charge is 0.338 e. The second-order valence-electron chi connectivity index (χ2n) is 3.97. The van der Waals surface area contributed by atoms with E-state index in [9.17, 15) is 4.79 Å². The van der Waals surface area contributed by atoms with Crippen LogP contribution in [0.4, 0.5) is 0 Å². The number of carbonyl (C=O) groups excluding carboxylic acids is 1. The standard InChI is InChI=1S/C12H11BrCl2O3/c1-2-17-11(16)7-3-8(13)5-9(4-7)18-10-6-12(10,14)15/h3-5,10H,2,6H2,1H3. The molecule has 1 aromatic rings. The van der Waals surface area contributed by atoms with Gasteiger partial charge in [0.1, 0.15) is 11.9 Å².